The van der Waals surface area contributed by atoms with E-state index in [1.165, 1.54) is 7.11 Å². The van der Waals surface area contributed by atoms with Crippen molar-refractivity contribution in [1.82, 2.24) is 0 Å². The minimum atomic E-state index is -1.66. The van der Waals surface area contributed by atoms with Crippen molar-refractivity contribution >= 4 is 11.9 Å². The van der Waals surface area contributed by atoms with Crippen LogP contribution in [0.5, 0.6) is 0 Å². The molecule has 5 heteroatoms. The Morgan fingerprint density at radius 3 is 2.27 bits per heavy atom. The molecule has 0 spiro atoms. The van der Waals surface area contributed by atoms with E-state index in [4.69, 9.17) is 10.5 Å². The second kappa shape index (κ2) is 6.40. The molecule has 1 unspecified atom stereocenters. The number of esters is 2. The molecule has 0 saturated carbocycles. The molecule has 1 atom stereocenters. The molecule has 0 aliphatic heterocycles. The van der Waals surface area contributed by atoms with Crippen LogP contribution in [0.1, 0.15) is 33.1 Å². The van der Waals surface area contributed by atoms with Gasteiger partial charge in [0.05, 0.1) is 13.7 Å². The molecule has 15 heavy (non-hydrogen) atoms. The van der Waals surface area contributed by atoms with Crippen LogP contribution in [0.2, 0.25) is 0 Å². The van der Waals surface area contributed by atoms with Crippen LogP contribution in [0, 0.1) is 0 Å². The minimum absolute atomic E-state index is 0.157. The normalized spacial score (nSPS) is 14.1. The Labute approximate surface area is 89.9 Å². The summed E-state index contributed by atoms with van der Waals surface area (Å²) in [7, 11) is 1.19. The number of unbranched alkanes of at least 4 members (excludes halogenated alkanes) is 1. The van der Waals surface area contributed by atoms with Crippen molar-refractivity contribution in [2.75, 3.05) is 13.7 Å². The third kappa shape index (κ3) is 3.51. The van der Waals surface area contributed by atoms with Gasteiger partial charge in [-0.2, -0.15) is 0 Å². The first kappa shape index (κ1) is 13.9. The van der Waals surface area contributed by atoms with Gasteiger partial charge in [-0.15, -0.1) is 0 Å². The van der Waals surface area contributed by atoms with Crippen LogP contribution in [0.4, 0.5) is 0 Å². The summed E-state index contributed by atoms with van der Waals surface area (Å²) in [6.45, 7) is 3.90. The van der Waals surface area contributed by atoms with Crippen LogP contribution >= 0.6 is 0 Å². The molecular weight excluding hydrogens is 198 g/mol. The highest BCUT2D eigenvalue weighted by atomic mass is 16.6. The molecule has 0 radical (unpaired) electrons. The first-order valence-corrected chi connectivity index (χ1v) is 5.07. The number of carbonyl (C=O) groups is 2. The molecule has 2 N–H and O–H groups in total. The number of methoxy groups -OCH3 is 1. The SMILES string of the molecule is CCCCOC(=O)C(N)(CC)C(=O)OC. The third-order valence-corrected chi connectivity index (χ3v) is 2.20. The van der Waals surface area contributed by atoms with E-state index >= 15 is 0 Å². The number of ether oxygens (including phenoxy) is 2. The van der Waals surface area contributed by atoms with Crippen molar-refractivity contribution in [2.45, 2.75) is 38.6 Å². The average molecular weight is 217 g/mol. The second-order valence-corrected chi connectivity index (χ2v) is 3.31. The number of nitrogens with two attached hydrogens (primary N) is 1. The predicted molar refractivity (Wildman–Crippen MR) is 55.1 cm³/mol. The van der Waals surface area contributed by atoms with Gasteiger partial charge in [-0.05, 0) is 12.8 Å². The lowest BCUT2D eigenvalue weighted by Gasteiger charge is -2.22. The lowest BCUT2D eigenvalue weighted by atomic mass is 9.98. The molecule has 0 bridgehead atoms. The maximum Gasteiger partial charge on any atom is 0.337 e. The predicted octanol–water partition coefficient (Wildman–Crippen LogP) is 0.610. The number of hydrogen-bond donors (Lipinski definition) is 1. The topological polar surface area (TPSA) is 78.6 Å². The van der Waals surface area contributed by atoms with Crippen LogP contribution < -0.4 is 5.73 Å². The summed E-state index contributed by atoms with van der Waals surface area (Å²) in [4.78, 5) is 22.8. The Morgan fingerprint density at radius 2 is 1.87 bits per heavy atom. The van der Waals surface area contributed by atoms with E-state index in [0.29, 0.717) is 0 Å². The zero-order chi connectivity index (χ0) is 11.9. The molecule has 0 heterocycles. The summed E-state index contributed by atoms with van der Waals surface area (Å²) in [5, 5.41) is 0. The molecule has 0 fully saturated rings. The number of rotatable bonds is 6. The van der Waals surface area contributed by atoms with E-state index < -0.39 is 17.5 Å². The van der Waals surface area contributed by atoms with Crippen LogP contribution in [0.15, 0.2) is 0 Å². The zero-order valence-electron chi connectivity index (χ0n) is 9.54. The summed E-state index contributed by atoms with van der Waals surface area (Å²) >= 11 is 0. The van der Waals surface area contributed by atoms with Gasteiger partial charge in [0.15, 0.2) is 0 Å². The monoisotopic (exact) mass is 217 g/mol. The van der Waals surface area contributed by atoms with Gasteiger partial charge in [-0.25, -0.2) is 9.59 Å². The van der Waals surface area contributed by atoms with Gasteiger partial charge in [-0.1, -0.05) is 20.3 Å². The molecule has 0 rings (SSSR count). The number of hydrogen-bond acceptors (Lipinski definition) is 5. The molecule has 0 aromatic rings. The highest BCUT2D eigenvalue weighted by molar-refractivity contribution is 6.04. The van der Waals surface area contributed by atoms with E-state index in [1.54, 1.807) is 6.92 Å². The molecule has 88 valence electrons. The second-order valence-electron chi connectivity index (χ2n) is 3.31. The van der Waals surface area contributed by atoms with Gasteiger partial charge < -0.3 is 15.2 Å². The van der Waals surface area contributed by atoms with Crippen LogP contribution in [0.25, 0.3) is 0 Å². The minimum Gasteiger partial charge on any atom is -0.467 e. The van der Waals surface area contributed by atoms with Crippen LogP contribution in [-0.2, 0) is 19.1 Å². The van der Waals surface area contributed by atoms with Gasteiger partial charge in [0.25, 0.3) is 0 Å². The summed E-state index contributed by atoms with van der Waals surface area (Å²) in [5.41, 5.74) is 3.96. The van der Waals surface area contributed by atoms with E-state index in [1.807, 2.05) is 6.92 Å². The van der Waals surface area contributed by atoms with Gasteiger partial charge in [0, 0.05) is 0 Å². The standard InChI is InChI=1S/C10H19NO4/c1-4-6-7-15-9(13)10(11,5-2)8(12)14-3/h4-7,11H2,1-3H3. The lowest BCUT2D eigenvalue weighted by Crippen LogP contribution is -2.55. The Balaban J connectivity index is 4.38. The maximum atomic E-state index is 11.5. The fourth-order valence-electron chi connectivity index (χ4n) is 0.992. The molecule has 0 aliphatic rings. The van der Waals surface area contributed by atoms with Crippen LogP contribution in [-0.4, -0.2) is 31.2 Å². The fourth-order valence-corrected chi connectivity index (χ4v) is 0.992. The van der Waals surface area contributed by atoms with Crippen molar-refractivity contribution in [3.63, 3.8) is 0 Å². The van der Waals surface area contributed by atoms with Gasteiger partial charge >= 0.3 is 11.9 Å². The molecule has 0 aromatic carbocycles. The van der Waals surface area contributed by atoms with Gasteiger partial charge in [0.2, 0.25) is 5.54 Å². The van der Waals surface area contributed by atoms with Crippen molar-refractivity contribution < 1.29 is 19.1 Å². The molecule has 0 amide bonds. The van der Waals surface area contributed by atoms with E-state index in [-0.39, 0.29) is 13.0 Å². The van der Waals surface area contributed by atoms with E-state index in [9.17, 15) is 9.59 Å². The van der Waals surface area contributed by atoms with Crippen molar-refractivity contribution in [1.29, 1.82) is 0 Å². The smallest absolute Gasteiger partial charge is 0.337 e. The molecule has 0 aromatic heterocycles. The van der Waals surface area contributed by atoms with Crippen molar-refractivity contribution in [3.8, 4) is 0 Å². The fraction of sp³-hybridized carbons (Fsp3) is 0.800. The summed E-state index contributed by atoms with van der Waals surface area (Å²) < 4.78 is 9.37. The summed E-state index contributed by atoms with van der Waals surface area (Å²) in [6, 6.07) is 0. The number of carbonyl (C=O) groups excluding carboxylic acids is 2. The molecule has 0 saturated heterocycles. The molecule has 0 aliphatic carbocycles. The molecular formula is C10H19NO4. The summed E-state index contributed by atoms with van der Waals surface area (Å²) in [5.74, 6) is -1.48. The Kier molecular flexibility index (Phi) is 5.93. The van der Waals surface area contributed by atoms with E-state index in [2.05, 4.69) is 4.74 Å². The van der Waals surface area contributed by atoms with E-state index in [0.717, 1.165) is 12.8 Å². The van der Waals surface area contributed by atoms with Crippen molar-refractivity contribution in [2.24, 2.45) is 5.73 Å². The highest BCUT2D eigenvalue weighted by Crippen LogP contribution is 2.11. The summed E-state index contributed by atoms with van der Waals surface area (Å²) in [6.07, 6.45) is 1.83. The van der Waals surface area contributed by atoms with Crippen molar-refractivity contribution in [3.05, 3.63) is 0 Å². The maximum absolute atomic E-state index is 11.5. The Bertz CT molecular complexity index is 229. The largest absolute Gasteiger partial charge is 0.467 e. The average Bonchev–Trinajstić information content (AvgIpc) is 2.26. The Morgan fingerprint density at radius 1 is 1.27 bits per heavy atom. The van der Waals surface area contributed by atoms with Gasteiger partial charge in [0.1, 0.15) is 0 Å². The quantitative estimate of drug-likeness (QED) is 0.400. The van der Waals surface area contributed by atoms with Gasteiger partial charge in [-0.3, -0.25) is 0 Å². The zero-order valence-corrected chi connectivity index (χ0v) is 9.54. The van der Waals surface area contributed by atoms with Crippen LogP contribution in [0.3, 0.4) is 0 Å². The lowest BCUT2D eigenvalue weighted by molar-refractivity contribution is -0.163. The highest BCUT2D eigenvalue weighted by Gasteiger charge is 2.43. The Hall–Kier alpha value is -1.10. The first-order valence-electron chi connectivity index (χ1n) is 5.07. The third-order valence-electron chi connectivity index (χ3n) is 2.20. The first-order chi connectivity index (χ1) is 7.02. The molecule has 5 nitrogen and oxygen atoms in total.